The molecule has 0 aromatic carbocycles. The number of rotatable bonds is 2. The molecular formula is C14H25N3O4. The average Bonchev–Trinajstić information content (AvgIpc) is 2.62. The van der Waals surface area contributed by atoms with Crippen LogP contribution in [-0.2, 0) is 9.53 Å². The molecule has 2 aliphatic rings. The molecule has 0 radical (unpaired) electrons. The van der Waals surface area contributed by atoms with Crippen molar-refractivity contribution < 1.29 is 19.4 Å². The molecule has 0 aromatic rings. The third-order valence-electron chi connectivity index (χ3n) is 3.97. The normalized spacial score (nSPS) is 28.3. The lowest BCUT2D eigenvalue weighted by molar-refractivity contribution is -0.135. The highest BCUT2D eigenvalue weighted by Gasteiger charge is 2.27. The maximum absolute atomic E-state index is 12.4. The van der Waals surface area contributed by atoms with Crippen LogP contribution in [0, 0.1) is 0 Å². The van der Waals surface area contributed by atoms with Gasteiger partial charge in [0.15, 0.2) is 0 Å². The third kappa shape index (κ3) is 4.57. The second-order valence-corrected chi connectivity index (χ2v) is 5.96. The van der Waals surface area contributed by atoms with E-state index in [4.69, 9.17) is 9.84 Å². The SMILES string of the molecule is C[C@@H]1CN(CC(=O)N2CCCN(C(=O)O)CC2)C[C@H](C)O1. The van der Waals surface area contributed by atoms with Gasteiger partial charge < -0.3 is 19.6 Å². The van der Waals surface area contributed by atoms with E-state index in [1.54, 1.807) is 4.90 Å². The Bertz CT molecular complexity index is 380. The van der Waals surface area contributed by atoms with Crippen LogP contribution in [0.1, 0.15) is 20.3 Å². The quantitative estimate of drug-likeness (QED) is 0.794. The smallest absolute Gasteiger partial charge is 0.407 e. The molecule has 2 aliphatic heterocycles. The van der Waals surface area contributed by atoms with E-state index in [-0.39, 0.29) is 18.1 Å². The number of nitrogens with zero attached hydrogens (tertiary/aromatic N) is 3. The Morgan fingerprint density at radius 1 is 1.05 bits per heavy atom. The summed E-state index contributed by atoms with van der Waals surface area (Å²) in [6.07, 6.45) is 0.0926. The van der Waals surface area contributed by atoms with Gasteiger partial charge in [-0.25, -0.2) is 4.79 Å². The van der Waals surface area contributed by atoms with Crippen LogP contribution >= 0.6 is 0 Å². The number of carbonyl (C=O) groups is 2. The molecule has 2 saturated heterocycles. The Labute approximate surface area is 125 Å². The highest BCUT2D eigenvalue weighted by Crippen LogP contribution is 2.11. The zero-order chi connectivity index (χ0) is 15.4. The Morgan fingerprint density at radius 3 is 2.24 bits per heavy atom. The van der Waals surface area contributed by atoms with Crippen LogP contribution in [0.5, 0.6) is 0 Å². The molecule has 2 heterocycles. The van der Waals surface area contributed by atoms with Crippen molar-refractivity contribution in [2.45, 2.75) is 32.5 Å². The second kappa shape index (κ2) is 7.09. The van der Waals surface area contributed by atoms with Gasteiger partial charge in [0.05, 0.1) is 18.8 Å². The predicted octanol–water partition coefficient (Wildman–Crippen LogP) is 0.308. The fourth-order valence-corrected chi connectivity index (χ4v) is 3.06. The summed E-state index contributed by atoms with van der Waals surface area (Å²) in [6.45, 7) is 8.00. The number of hydrogen-bond donors (Lipinski definition) is 1. The molecule has 120 valence electrons. The molecular weight excluding hydrogens is 274 g/mol. The number of ether oxygens (including phenoxy) is 1. The summed E-state index contributed by atoms with van der Waals surface area (Å²) < 4.78 is 5.67. The Balaban J connectivity index is 1.84. The highest BCUT2D eigenvalue weighted by atomic mass is 16.5. The van der Waals surface area contributed by atoms with Gasteiger partial charge in [-0.2, -0.15) is 0 Å². The molecule has 2 amide bonds. The molecule has 2 fully saturated rings. The van der Waals surface area contributed by atoms with Crippen LogP contribution in [0.2, 0.25) is 0 Å². The highest BCUT2D eigenvalue weighted by molar-refractivity contribution is 5.78. The summed E-state index contributed by atoms with van der Waals surface area (Å²) in [7, 11) is 0. The van der Waals surface area contributed by atoms with Gasteiger partial charge in [-0.15, -0.1) is 0 Å². The van der Waals surface area contributed by atoms with Crippen molar-refractivity contribution in [1.82, 2.24) is 14.7 Å². The summed E-state index contributed by atoms with van der Waals surface area (Å²) in [6, 6.07) is 0. The molecule has 2 rings (SSSR count). The predicted molar refractivity (Wildman–Crippen MR) is 77.2 cm³/mol. The largest absolute Gasteiger partial charge is 0.465 e. The number of amides is 2. The first-order valence-corrected chi connectivity index (χ1v) is 7.59. The molecule has 7 nitrogen and oxygen atoms in total. The number of morpholine rings is 1. The Kier molecular flexibility index (Phi) is 5.41. The lowest BCUT2D eigenvalue weighted by Gasteiger charge is -2.35. The van der Waals surface area contributed by atoms with Crippen LogP contribution in [0.15, 0.2) is 0 Å². The summed E-state index contributed by atoms with van der Waals surface area (Å²) in [5.41, 5.74) is 0. The van der Waals surface area contributed by atoms with Crippen molar-refractivity contribution in [3.8, 4) is 0 Å². The van der Waals surface area contributed by atoms with Crippen molar-refractivity contribution in [2.75, 3.05) is 45.8 Å². The minimum Gasteiger partial charge on any atom is -0.465 e. The van der Waals surface area contributed by atoms with Crippen LogP contribution in [0.4, 0.5) is 4.79 Å². The van der Waals surface area contributed by atoms with Crippen LogP contribution < -0.4 is 0 Å². The van der Waals surface area contributed by atoms with Crippen LogP contribution in [-0.4, -0.2) is 89.8 Å². The summed E-state index contributed by atoms with van der Waals surface area (Å²) >= 11 is 0. The van der Waals surface area contributed by atoms with E-state index in [0.717, 1.165) is 13.1 Å². The molecule has 21 heavy (non-hydrogen) atoms. The molecule has 7 heteroatoms. The average molecular weight is 299 g/mol. The summed E-state index contributed by atoms with van der Waals surface area (Å²) in [5.74, 6) is 0.0866. The first-order valence-electron chi connectivity index (χ1n) is 7.59. The van der Waals surface area contributed by atoms with Gasteiger partial charge in [0.25, 0.3) is 0 Å². The van der Waals surface area contributed by atoms with Crippen LogP contribution in [0.25, 0.3) is 0 Å². The lowest BCUT2D eigenvalue weighted by Crippen LogP contribution is -2.50. The molecule has 0 bridgehead atoms. The van der Waals surface area contributed by atoms with E-state index in [9.17, 15) is 9.59 Å². The number of carboxylic acid groups (broad SMARTS) is 1. The fourth-order valence-electron chi connectivity index (χ4n) is 3.06. The number of carbonyl (C=O) groups excluding carboxylic acids is 1. The van der Waals surface area contributed by atoms with Gasteiger partial charge in [0, 0.05) is 39.3 Å². The minimum absolute atomic E-state index is 0.0866. The Morgan fingerprint density at radius 2 is 1.62 bits per heavy atom. The monoisotopic (exact) mass is 299 g/mol. The van der Waals surface area contributed by atoms with Gasteiger partial charge >= 0.3 is 6.09 Å². The van der Waals surface area contributed by atoms with Crippen molar-refractivity contribution in [2.24, 2.45) is 0 Å². The fraction of sp³-hybridized carbons (Fsp3) is 0.857. The molecule has 0 saturated carbocycles. The van der Waals surface area contributed by atoms with Gasteiger partial charge in [-0.1, -0.05) is 0 Å². The molecule has 0 spiro atoms. The summed E-state index contributed by atoms with van der Waals surface area (Å²) in [4.78, 5) is 28.7. The second-order valence-electron chi connectivity index (χ2n) is 5.96. The van der Waals surface area contributed by atoms with E-state index in [0.29, 0.717) is 39.1 Å². The van der Waals surface area contributed by atoms with Gasteiger partial charge in [0.2, 0.25) is 5.91 Å². The standard InChI is InChI=1S/C14H25N3O4/c1-11-8-15(9-12(2)21-11)10-13(18)16-4-3-5-17(7-6-16)14(19)20/h11-12H,3-10H2,1-2H3,(H,19,20)/t11-,12+. The van der Waals surface area contributed by atoms with E-state index in [1.807, 2.05) is 13.8 Å². The molecule has 0 aliphatic carbocycles. The van der Waals surface area contributed by atoms with Crippen molar-refractivity contribution >= 4 is 12.0 Å². The van der Waals surface area contributed by atoms with E-state index in [1.165, 1.54) is 4.90 Å². The van der Waals surface area contributed by atoms with E-state index < -0.39 is 6.09 Å². The topological polar surface area (TPSA) is 73.3 Å². The zero-order valence-corrected chi connectivity index (χ0v) is 12.8. The molecule has 1 N–H and O–H groups in total. The first kappa shape index (κ1) is 16.0. The third-order valence-corrected chi connectivity index (χ3v) is 3.97. The van der Waals surface area contributed by atoms with Gasteiger partial charge in [-0.05, 0) is 20.3 Å². The van der Waals surface area contributed by atoms with Gasteiger partial charge in [-0.3, -0.25) is 9.69 Å². The number of hydrogen-bond acceptors (Lipinski definition) is 4. The lowest BCUT2D eigenvalue weighted by atomic mass is 10.2. The molecule has 0 unspecified atom stereocenters. The summed E-state index contributed by atoms with van der Waals surface area (Å²) in [5, 5.41) is 9.01. The van der Waals surface area contributed by atoms with Crippen molar-refractivity contribution in [3.05, 3.63) is 0 Å². The molecule has 0 aromatic heterocycles. The van der Waals surface area contributed by atoms with E-state index >= 15 is 0 Å². The Hall–Kier alpha value is -1.34. The zero-order valence-electron chi connectivity index (χ0n) is 12.8. The first-order chi connectivity index (χ1) is 9.95. The van der Waals surface area contributed by atoms with Gasteiger partial charge in [0.1, 0.15) is 0 Å². The minimum atomic E-state index is -0.903. The maximum atomic E-state index is 12.4. The maximum Gasteiger partial charge on any atom is 0.407 e. The van der Waals surface area contributed by atoms with Crippen LogP contribution in [0.3, 0.4) is 0 Å². The van der Waals surface area contributed by atoms with Crippen molar-refractivity contribution in [1.29, 1.82) is 0 Å². The van der Waals surface area contributed by atoms with E-state index in [2.05, 4.69) is 4.90 Å². The van der Waals surface area contributed by atoms with Crippen molar-refractivity contribution in [3.63, 3.8) is 0 Å². The molecule has 2 atom stereocenters.